The summed E-state index contributed by atoms with van der Waals surface area (Å²) in [6.45, 7) is 12.1. The molecule has 0 radical (unpaired) electrons. The number of unbranched alkanes of at least 4 members (excludes halogenated alkanes) is 3. The van der Waals surface area contributed by atoms with Crippen molar-refractivity contribution in [2.45, 2.75) is 104 Å². The van der Waals surface area contributed by atoms with Gasteiger partial charge in [0.05, 0.1) is 24.8 Å². The van der Waals surface area contributed by atoms with Crippen LogP contribution in [-0.2, 0) is 26.3 Å². The minimum atomic E-state index is -1.46. The lowest BCUT2D eigenvalue weighted by Crippen LogP contribution is -2.50. The van der Waals surface area contributed by atoms with Crippen LogP contribution < -0.4 is 21.3 Å². The zero-order valence-electron chi connectivity index (χ0n) is 25.3. The third kappa shape index (κ3) is 10.1. The number of aryl methyl sites for hydroxylation is 1. The van der Waals surface area contributed by atoms with Crippen molar-refractivity contribution in [3.8, 4) is 0 Å². The lowest BCUT2D eigenvalue weighted by molar-refractivity contribution is -0.306. The predicted octanol–water partition coefficient (Wildman–Crippen LogP) is 1.50. The predicted molar refractivity (Wildman–Crippen MR) is 151 cm³/mol. The van der Waals surface area contributed by atoms with E-state index in [0.717, 1.165) is 25.7 Å². The summed E-state index contributed by atoms with van der Waals surface area (Å²) >= 11 is 0. The van der Waals surface area contributed by atoms with E-state index < -0.39 is 47.1 Å². The van der Waals surface area contributed by atoms with E-state index in [2.05, 4.69) is 32.9 Å². The Labute approximate surface area is 241 Å². The van der Waals surface area contributed by atoms with Crippen molar-refractivity contribution in [2.75, 3.05) is 25.5 Å². The maximum atomic E-state index is 13.5. The Hall–Kier alpha value is -3.61. The highest BCUT2D eigenvalue weighted by atomic mass is 16.6. The summed E-state index contributed by atoms with van der Waals surface area (Å²) in [6, 6.07) is -2.31. The molecule has 0 fully saturated rings. The number of aliphatic carboxylic acids is 1. The molecule has 0 saturated carbocycles. The van der Waals surface area contributed by atoms with Crippen LogP contribution in [0.5, 0.6) is 0 Å². The number of nitrogens with zero attached hydrogens (tertiary/aromatic N) is 5. The number of likely N-dealkylation sites (N-methyl/N-ethyl adjacent to an activating group) is 1. The van der Waals surface area contributed by atoms with Crippen molar-refractivity contribution in [1.82, 2.24) is 30.1 Å². The second-order valence-electron chi connectivity index (χ2n) is 11.4. The zero-order chi connectivity index (χ0) is 30.7. The number of nitrogens with one attached hydrogen (secondary N) is 2. The van der Waals surface area contributed by atoms with Gasteiger partial charge in [0, 0.05) is 24.0 Å². The van der Waals surface area contributed by atoms with E-state index in [1.54, 1.807) is 20.9 Å². The highest BCUT2D eigenvalue weighted by molar-refractivity contribution is 5.93. The van der Waals surface area contributed by atoms with E-state index >= 15 is 0 Å². The van der Waals surface area contributed by atoms with Crippen LogP contribution in [0.25, 0.3) is 0 Å². The summed E-state index contributed by atoms with van der Waals surface area (Å²) in [4.78, 5) is 57.8. The van der Waals surface area contributed by atoms with Crippen LogP contribution in [-0.4, -0.2) is 68.6 Å². The van der Waals surface area contributed by atoms with Crippen LogP contribution in [0.2, 0.25) is 0 Å². The zero-order valence-corrected chi connectivity index (χ0v) is 25.3. The SMILES string of the molecule is CCCCCCN(C)CC(=O)C(CC(=O)[O-])NC(=O)C(CC)n1cc(C(C)(C)C)nc(NCc2nonc2C)c1=O. The highest BCUT2D eigenvalue weighted by Gasteiger charge is 2.29. The summed E-state index contributed by atoms with van der Waals surface area (Å²) in [7, 11) is 1.78. The number of anilines is 1. The summed E-state index contributed by atoms with van der Waals surface area (Å²) in [5.41, 5.74) is 0.589. The van der Waals surface area contributed by atoms with Crippen LogP contribution in [0, 0.1) is 6.92 Å². The van der Waals surface area contributed by atoms with Crippen molar-refractivity contribution in [2.24, 2.45) is 0 Å². The van der Waals surface area contributed by atoms with Gasteiger partial charge >= 0.3 is 0 Å². The van der Waals surface area contributed by atoms with Crippen molar-refractivity contribution < 1.29 is 24.1 Å². The van der Waals surface area contributed by atoms with Gasteiger partial charge in [-0.2, -0.15) is 0 Å². The molecule has 2 atom stereocenters. The van der Waals surface area contributed by atoms with E-state index in [-0.39, 0.29) is 25.3 Å². The molecule has 0 aliphatic heterocycles. The molecule has 2 aromatic heterocycles. The van der Waals surface area contributed by atoms with Gasteiger partial charge in [-0.05, 0) is 33.4 Å². The molecule has 2 N–H and O–H groups in total. The molecule has 228 valence electrons. The first-order valence-electron chi connectivity index (χ1n) is 14.1. The first-order chi connectivity index (χ1) is 19.3. The molecular formula is C28H44N7O6-. The molecule has 41 heavy (non-hydrogen) atoms. The monoisotopic (exact) mass is 574 g/mol. The quantitative estimate of drug-likeness (QED) is 0.262. The van der Waals surface area contributed by atoms with Crippen molar-refractivity contribution in [1.29, 1.82) is 0 Å². The third-order valence-corrected chi connectivity index (χ3v) is 6.79. The average Bonchev–Trinajstić information content (AvgIpc) is 3.30. The normalized spacial score (nSPS) is 13.2. The van der Waals surface area contributed by atoms with Gasteiger partial charge in [-0.15, -0.1) is 0 Å². The molecule has 0 spiro atoms. The van der Waals surface area contributed by atoms with E-state index in [0.29, 0.717) is 23.6 Å². The van der Waals surface area contributed by atoms with Gasteiger partial charge in [0.1, 0.15) is 17.4 Å². The molecule has 13 nitrogen and oxygen atoms in total. The number of hydrogen-bond acceptors (Lipinski definition) is 11. The molecule has 2 unspecified atom stereocenters. The number of carboxylic acids is 1. The average molecular weight is 575 g/mol. The highest BCUT2D eigenvalue weighted by Crippen LogP contribution is 2.22. The molecule has 0 bridgehead atoms. The molecule has 0 aliphatic carbocycles. The fourth-order valence-corrected chi connectivity index (χ4v) is 4.25. The molecule has 0 aromatic carbocycles. The Bertz CT molecular complexity index is 1230. The maximum Gasteiger partial charge on any atom is 0.294 e. The fraction of sp³-hybridized carbons (Fsp3) is 0.679. The van der Waals surface area contributed by atoms with Crippen LogP contribution >= 0.6 is 0 Å². The first-order valence-corrected chi connectivity index (χ1v) is 14.1. The van der Waals surface area contributed by atoms with Gasteiger partial charge in [0.25, 0.3) is 5.56 Å². The third-order valence-electron chi connectivity index (χ3n) is 6.79. The number of carbonyl (C=O) groups is 3. The molecular weight excluding hydrogens is 530 g/mol. The lowest BCUT2D eigenvalue weighted by Gasteiger charge is -2.26. The number of carboxylic acid groups (broad SMARTS) is 1. The molecule has 2 rings (SSSR count). The van der Waals surface area contributed by atoms with Gasteiger partial charge in [-0.1, -0.05) is 64.2 Å². The maximum absolute atomic E-state index is 13.5. The summed E-state index contributed by atoms with van der Waals surface area (Å²) in [5.74, 6) is -2.53. The van der Waals surface area contributed by atoms with E-state index in [1.807, 2.05) is 25.7 Å². The van der Waals surface area contributed by atoms with Crippen LogP contribution in [0.15, 0.2) is 15.6 Å². The summed E-state index contributed by atoms with van der Waals surface area (Å²) < 4.78 is 5.99. The lowest BCUT2D eigenvalue weighted by atomic mass is 9.92. The Morgan fingerprint density at radius 2 is 1.85 bits per heavy atom. The van der Waals surface area contributed by atoms with Gasteiger partial charge in [-0.25, -0.2) is 9.61 Å². The Morgan fingerprint density at radius 3 is 2.41 bits per heavy atom. The first kappa shape index (κ1) is 33.6. The van der Waals surface area contributed by atoms with Crippen LogP contribution in [0.3, 0.4) is 0 Å². The van der Waals surface area contributed by atoms with Gasteiger partial charge in [0.2, 0.25) is 5.91 Å². The Kier molecular flexibility index (Phi) is 12.6. The van der Waals surface area contributed by atoms with E-state index in [1.165, 1.54) is 10.8 Å². The largest absolute Gasteiger partial charge is 0.550 e. The number of amides is 1. The number of hydrogen-bond donors (Lipinski definition) is 2. The molecule has 0 saturated heterocycles. The minimum Gasteiger partial charge on any atom is -0.550 e. The van der Waals surface area contributed by atoms with Gasteiger partial charge < -0.3 is 20.5 Å². The molecule has 1 amide bonds. The van der Waals surface area contributed by atoms with Crippen molar-refractivity contribution in [3.63, 3.8) is 0 Å². The smallest absolute Gasteiger partial charge is 0.294 e. The fourth-order valence-electron chi connectivity index (χ4n) is 4.25. The second kappa shape index (κ2) is 15.4. The summed E-state index contributed by atoms with van der Waals surface area (Å²) in [6.07, 6.45) is 5.21. The van der Waals surface area contributed by atoms with E-state index in [9.17, 15) is 24.3 Å². The standard InChI is InChI=1S/C28H45N7O6/c1-8-10-11-12-13-34(7)16-22(36)19(14-24(37)38)30-26(39)21(9-2)35-17-23(28(4,5)6)31-25(27(35)40)29-15-20-18(3)32-41-33-20/h17,19,21H,8-16H2,1-7H3,(H,29,31)(H,30,39)(H,37,38)/p-1. The molecule has 13 heteroatoms. The van der Waals surface area contributed by atoms with Crippen LogP contribution in [0.1, 0.15) is 96.3 Å². The number of Topliss-reactive ketones (excluding diaryl/α,β-unsaturated/α-hetero) is 1. The van der Waals surface area contributed by atoms with Crippen molar-refractivity contribution in [3.05, 3.63) is 33.6 Å². The van der Waals surface area contributed by atoms with Gasteiger partial charge in [0.15, 0.2) is 11.6 Å². The number of aromatic nitrogens is 4. The van der Waals surface area contributed by atoms with Crippen LogP contribution in [0.4, 0.5) is 5.82 Å². The topological polar surface area (TPSA) is 175 Å². The number of ketones is 1. The summed E-state index contributed by atoms with van der Waals surface area (Å²) in [5, 5.41) is 24.6. The van der Waals surface area contributed by atoms with Gasteiger partial charge in [-0.3, -0.25) is 23.9 Å². The van der Waals surface area contributed by atoms with E-state index in [4.69, 9.17) is 4.63 Å². The minimum absolute atomic E-state index is 0.0122. The molecule has 0 aliphatic rings. The Morgan fingerprint density at radius 1 is 1.15 bits per heavy atom. The molecule has 2 heterocycles. The van der Waals surface area contributed by atoms with Crippen molar-refractivity contribution >= 4 is 23.5 Å². The second-order valence-corrected chi connectivity index (χ2v) is 11.4. The number of carbonyl (C=O) groups excluding carboxylic acids is 3. The molecule has 2 aromatic rings. The Balaban J connectivity index is 2.31. The number of rotatable bonds is 17.